The molecule has 0 heterocycles. The van der Waals surface area contributed by atoms with Crippen molar-refractivity contribution >= 4 is 33.2 Å². The SMILES string of the molecule is COc1ccc([C@H](CC(C)C)NC(=O)CN(c2ccccc2Cl)S(=O)(=O)c2ccc(C)cc2)cc1. The third kappa shape index (κ3) is 6.77. The molecule has 186 valence electrons. The van der Waals surface area contributed by atoms with Gasteiger partial charge in [0.05, 0.1) is 28.8 Å². The molecule has 0 saturated heterocycles. The second-order valence-electron chi connectivity index (χ2n) is 8.80. The minimum Gasteiger partial charge on any atom is -0.497 e. The molecule has 3 aromatic rings. The van der Waals surface area contributed by atoms with Crippen LogP contribution in [0.2, 0.25) is 5.02 Å². The summed E-state index contributed by atoms with van der Waals surface area (Å²) in [6.07, 6.45) is 0.689. The molecular formula is C27H31ClN2O4S. The third-order valence-electron chi connectivity index (χ3n) is 5.58. The first kappa shape index (κ1) is 26.6. The van der Waals surface area contributed by atoms with Crippen molar-refractivity contribution in [1.29, 1.82) is 0 Å². The molecule has 0 aliphatic rings. The molecule has 8 heteroatoms. The van der Waals surface area contributed by atoms with Crippen LogP contribution in [0.4, 0.5) is 5.69 Å². The van der Waals surface area contributed by atoms with Crippen molar-refractivity contribution in [2.45, 2.75) is 38.1 Å². The molecule has 1 atom stereocenters. The Bertz CT molecular complexity index is 1240. The number of sulfonamides is 1. The predicted molar refractivity (Wildman–Crippen MR) is 140 cm³/mol. The van der Waals surface area contributed by atoms with Gasteiger partial charge in [-0.2, -0.15) is 0 Å². The molecule has 3 aromatic carbocycles. The van der Waals surface area contributed by atoms with Gasteiger partial charge in [-0.15, -0.1) is 0 Å². The van der Waals surface area contributed by atoms with Gasteiger partial charge >= 0.3 is 0 Å². The molecular weight excluding hydrogens is 484 g/mol. The standard InChI is InChI=1S/C27H31ClN2O4S/c1-19(2)17-25(21-11-13-22(34-4)14-12-21)29-27(31)18-30(26-8-6-5-7-24(26)28)35(32,33)23-15-9-20(3)10-16-23/h5-16,19,25H,17-18H2,1-4H3,(H,29,31)/t25-/m0/s1. The minimum absolute atomic E-state index is 0.0877. The largest absolute Gasteiger partial charge is 0.497 e. The van der Waals surface area contributed by atoms with E-state index >= 15 is 0 Å². The average Bonchev–Trinajstić information content (AvgIpc) is 2.82. The Labute approximate surface area is 212 Å². The molecule has 0 bridgehead atoms. The maximum atomic E-state index is 13.6. The number of aryl methyl sites for hydroxylation is 1. The second-order valence-corrected chi connectivity index (χ2v) is 11.1. The highest BCUT2D eigenvalue weighted by atomic mass is 35.5. The van der Waals surface area contributed by atoms with Gasteiger partial charge in [-0.3, -0.25) is 9.10 Å². The topological polar surface area (TPSA) is 75.7 Å². The van der Waals surface area contributed by atoms with E-state index in [1.807, 2.05) is 31.2 Å². The Hall–Kier alpha value is -3.03. The van der Waals surface area contributed by atoms with Crippen LogP contribution in [0.5, 0.6) is 5.75 Å². The summed E-state index contributed by atoms with van der Waals surface area (Å²) in [6.45, 7) is 5.61. The lowest BCUT2D eigenvalue weighted by atomic mass is 9.97. The normalized spacial score (nSPS) is 12.3. The number of para-hydroxylation sites is 1. The molecule has 1 amide bonds. The zero-order valence-electron chi connectivity index (χ0n) is 20.4. The lowest BCUT2D eigenvalue weighted by Crippen LogP contribution is -2.42. The van der Waals surface area contributed by atoms with Crippen LogP contribution in [-0.2, 0) is 14.8 Å². The number of rotatable bonds is 10. The number of carbonyl (C=O) groups is 1. The Balaban J connectivity index is 1.93. The second kappa shape index (κ2) is 11.6. The molecule has 0 radical (unpaired) electrons. The summed E-state index contributed by atoms with van der Waals surface area (Å²) < 4.78 is 33.5. The highest BCUT2D eigenvalue weighted by Crippen LogP contribution is 2.31. The van der Waals surface area contributed by atoms with Gasteiger partial charge in [0.1, 0.15) is 12.3 Å². The van der Waals surface area contributed by atoms with Crippen LogP contribution in [0, 0.1) is 12.8 Å². The van der Waals surface area contributed by atoms with Gasteiger partial charge in [0.2, 0.25) is 5.91 Å². The maximum absolute atomic E-state index is 13.6. The number of hydrogen-bond donors (Lipinski definition) is 1. The van der Waals surface area contributed by atoms with E-state index in [2.05, 4.69) is 19.2 Å². The number of nitrogens with one attached hydrogen (secondary N) is 1. The number of hydrogen-bond acceptors (Lipinski definition) is 4. The molecule has 0 aromatic heterocycles. The monoisotopic (exact) mass is 514 g/mol. The zero-order chi connectivity index (χ0) is 25.6. The Morgan fingerprint density at radius 2 is 1.63 bits per heavy atom. The van der Waals surface area contributed by atoms with E-state index in [1.54, 1.807) is 43.5 Å². The number of nitrogens with zero attached hydrogens (tertiary/aromatic N) is 1. The van der Waals surface area contributed by atoms with Crippen LogP contribution in [0.1, 0.15) is 37.4 Å². The molecule has 0 aliphatic carbocycles. The smallest absolute Gasteiger partial charge is 0.264 e. The summed E-state index contributed by atoms with van der Waals surface area (Å²) in [5.74, 6) is 0.595. The number of methoxy groups -OCH3 is 1. The molecule has 3 rings (SSSR count). The maximum Gasteiger partial charge on any atom is 0.264 e. The summed E-state index contributed by atoms with van der Waals surface area (Å²) in [6, 6.07) is 20.3. The third-order valence-corrected chi connectivity index (χ3v) is 7.67. The van der Waals surface area contributed by atoms with Gasteiger partial charge in [-0.25, -0.2) is 8.42 Å². The molecule has 0 aliphatic heterocycles. The van der Waals surface area contributed by atoms with E-state index in [1.165, 1.54) is 12.1 Å². The summed E-state index contributed by atoms with van der Waals surface area (Å²) in [5.41, 5.74) is 2.09. The summed E-state index contributed by atoms with van der Waals surface area (Å²) in [5, 5.41) is 3.27. The number of halogens is 1. The van der Waals surface area contributed by atoms with E-state index in [0.29, 0.717) is 12.3 Å². The first-order valence-corrected chi connectivity index (χ1v) is 13.2. The van der Waals surface area contributed by atoms with E-state index in [9.17, 15) is 13.2 Å². The van der Waals surface area contributed by atoms with Crippen molar-refractivity contribution in [3.05, 3.63) is 88.9 Å². The lowest BCUT2D eigenvalue weighted by Gasteiger charge is -2.27. The molecule has 0 saturated carbocycles. The lowest BCUT2D eigenvalue weighted by molar-refractivity contribution is -0.120. The quantitative estimate of drug-likeness (QED) is 0.373. The fourth-order valence-corrected chi connectivity index (χ4v) is 5.48. The van der Waals surface area contributed by atoms with Gasteiger partial charge in [-0.05, 0) is 61.2 Å². The van der Waals surface area contributed by atoms with E-state index in [0.717, 1.165) is 21.2 Å². The van der Waals surface area contributed by atoms with E-state index in [-0.39, 0.29) is 21.6 Å². The Morgan fingerprint density at radius 1 is 1.00 bits per heavy atom. The van der Waals surface area contributed by atoms with Crippen molar-refractivity contribution in [3.8, 4) is 5.75 Å². The Kier molecular flexibility index (Phi) is 8.81. The van der Waals surface area contributed by atoms with Crippen LogP contribution in [-0.4, -0.2) is 28.0 Å². The van der Waals surface area contributed by atoms with Crippen LogP contribution in [0.3, 0.4) is 0 Å². The molecule has 0 spiro atoms. The molecule has 1 N–H and O–H groups in total. The van der Waals surface area contributed by atoms with Gasteiger partial charge < -0.3 is 10.1 Å². The predicted octanol–water partition coefficient (Wildman–Crippen LogP) is 5.76. The molecule has 0 unspecified atom stereocenters. The summed E-state index contributed by atoms with van der Waals surface area (Å²) in [7, 11) is -2.45. The van der Waals surface area contributed by atoms with E-state index in [4.69, 9.17) is 16.3 Å². The fraction of sp³-hybridized carbons (Fsp3) is 0.296. The van der Waals surface area contributed by atoms with Gasteiger partial charge in [0.15, 0.2) is 0 Å². The summed E-state index contributed by atoms with van der Waals surface area (Å²) >= 11 is 6.37. The molecule has 6 nitrogen and oxygen atoms in total. The highest BCUT2D eigenvalue weighted by Gasteiger charge is 2.29. The first-order valence-electron chi connectivity index (χ1n) is 11.4. The van der Waals surface area contributed by atoms with Crippen molar-refractivity contribution < 1.29 is 17.9 Å². The van der Waals surface area contributed by atoms with Gasteiger partial charge in [0, 0.05) is 0 Å². The number of benzene rings is 3. The van der Waals surface area contributed by atoms with Crippen LogP contribution < -0.4 is 14.4 Å². The van der Waals surface area contributed by atoms with E-state index < -0.39 is 22.5 Å². The highest BCUT2D eigenvalue weighted by molar-refractivity contribution is 7.92. The van der Waals surface area contributed by atoms with Crippen molar-refractivity contribution in [2.24, 2.45) is 5.92 Å². The van der Waals surface area contributed by atoms with Crippen molar-refractivity contribution in [1.82, 2.24) is 5.32 Å². The molecule has 0 fully saturated rings. The minimum atomic E-state index is -4.05. The Morgan fingerprint density at radius 3 is 2.20 bits per heavy atom. The van der Waals surface area contributed by atoms with Gasteiger partial charge in [0.25, 0.3) is 10.0 Å². The van der Waals surface area contributed by atoms with Crippen LogP contribution in [0.25, 0.3) is 0 Å². The number of anilines is 1. The average molecular weight is 515 g/mol. The number of amides is 1. The summed E-state index contributed by atoms with van der Waals surface area (Å²) in [4.78, 5) is 13.4. The number of ether oxygens (including phenoxy) is 1. The van der Waals surface area contributed by atoms with Crippen LogP contribution in [0.15, 0.2) is 77.7 Å². The number of carbonyl (C=O) groups excluding carboxylic acids is 1. The fourth-order valence-electron chi connectivity index (χ4n) is 3.75. The molecule has 35 heavy (non-hydrogen) atoms. The van der Waals surface area contributed by atoms with Crippen molar-refractivity contribution in [3.63, 3.8) is 0 Å². The first-order chi connectivity index (χ1) is 16.6. The zero-order valence-corrected chi connectivity index (χ0v) is 21.9. The van der Waals surface area contributed by atoms with Gasteiger partial charge in [-0.1, -0.05) is 67.4 Å². The van der Waals surface area contributed by atoms with Crippen LogP contribution >= 0.6 is 11.6 Å². The van der Waals surface area contributed by atoms with Crippen molar-refractivity contribution in [2.75, 3.05) is 18.0 Å².